The number of amides is 1. The van der Waals surface area contributed by atoms with E-state index < -0.39 is 0 Å². The number of halogens is 1. The van der Waals surface area contributed by atoms with Crippen LogP contribution in [-0.2, 0) is 6.54 Å². The first-order chi connectivity index (χ1) is 14.0. The van der Waals surface area contributed by atoms with Crippen LogP contribution in [0.25, 0.3) is 0 Å². The van der Waals surface area contributed by atoms with Crippen LogP contribution in [-0.4, -0.2) is 54.1 Å². The molecule has 1 saturated heterocycles. The fourth-order valence-corrected chi connectivity index (χ4v) is 4.38. The molecule has 2 aliphatic rings. The molecule has 5 nitrogen and oxygen atoms in total. The second-order valence-corrected chi connectivity index (χ2v) is 8.29. The summed E-state index contributed by atoms with van der Waals surface area (Å²) < 4.78 is 15.5. The van der Waals surface area contributed by atoms with Crippen LogP contribution >= 0.6 is 0 Å². The maximum Gasteiger partial charge on any atom is 0.268 e. The van der Waals surface area contributed by atoms with Crippen LogP contribution in [0.5, 0.6) is 0 Å². The number of carbonyl (C=O) groups excluding carboxylic acids is 1. The van der Waals surface area contributed by atoms with E-state index in [9.17, 15) is 9.18 Å². The number of nitrogens with one attached hydrogen (secondary N) is 1. The first-order valence-corrected chi connectivity index (χ1v) is 10.7. The molecule has 1 aromatic carbocycles. The molecular weight excluding hydrogens is 367 g/mol. The molecule has 0 unspecified atom stereocenters. The van der Waals surface area contributed by atoms with Crippen molar-refractivity contribution >= 4 is 11.6 Å². The van der Waals surface area contributed by atoms with Crippen LogP contribution in [0.15, 0.2) is 24.3 Å². The molecular formula is C23H31FN4O. The zero-order valence-corrected chi connectivity index (χ0v) is 17.7. The number of piperazine rings is 1. The van der Waals surface area contributed by atoms with E-state index in [4.69, 9.17) is 0 Å². The Morgan fingerprint density at radius 3 is 2.34 bits per heavy atom. The Morgan fingerprint density at radius 1 is 1.10 bits per heavy atom. The summed E-state index contributed by atoms with van der Waals surface area (Å²) >= 11 is 0. The van der Waals surface area contributed by atoms with Crippen molar-refractivity contribution < 1.29 is 9.18 Å². The van der Waals surface area contributed by atoms with Crippen molar-refractivity contribution in [3.63, 3.8) is 0 Å². The fraction of sp³-hybridized carbons (Fsp3) is 0.522. The first-order valence-electron chi connectivity index (χ1n) is 10.7. The van der Waals surface area contributed by atoms with E-state index >= 15 is 0 Å². The van der Waals surface area contributed by atoms with E-state index in [2.05, 4.69) is 40.5 Å². The van der Waals surface area contributed by atoms with E-state index in [1.165, 1.54) is 17.8 Å². The molecule has 1 amide bonds. The minimum atomic E-state index is -0.240. The van der Waals surface area contributed by atoms with Gasteiger partial charge in [-0.15, -0.1) is 0 Å². The molecule has 156 valence electrons. The first kappa shape index (κ1) is 20.0. The van der Waals surface area contributed by atoms with Gasteiger partial charge in [0.2, 0.25) is 0 Å². The monoisotopic (exact) mass is 398 g/mol. The largest absolute Gasteiger partial charge is 0.367 e. The molecule has 0 spiro atoms. The fourth-order valence-electron chi connectivity index (χ4n) is 4.38. The number of benzene rings is 1. The van der Waals surface area contributed by atoms with Gasteiger partial charge in [-0.05, 0) is 50.9 Å². The summed E-state index contributed by atoms with van der Waals surface area (Å²) in [5.74, 6) is -0.232. The summed E-state index contributed by atoms with van der Waals surface area (Å²) in [7, 11) is 0. The third-order valence-electron chi connectivity index (χ3n) is 6.25. The zero-order chi connectivity index (χ0) is 20.5. The van der Waals surface area contributed by atoms with Crippen molar-refractivity contribution in [1.29, 1.82) is 0 Å². The lowest BCUT2D eigenvalue weighted by atomic mass is 10.1. The predicted molar refractivity (Wildman–Crippen MR) is 114 cm³/mol. The van der Waals surface area contributed by atoms with Crippen LogP contribution < -0.4 is 10.2 Å². The summed E-state index contributed by atoms with van der Waals surface area (Å²) in [5, 5.41) is 3.16. The SMILES string of the molecule is CCN1CCN(c2c(C)c(C(=O)NC3CC3)n(Cc3ccc(F)cc3)c2C)CC1. The van der Waals surface area contributed by atoms with E-state index in [1.807, 2.05) is 0 Å². The lowest BCUT2D eigenvalue weighted by Gasteiger charge is -2.36. The van der Waals surface area contributed by atoms with Crippen LogP contribution in [0.3, 0.4) is 0 Å². The van der Waals surface area contributed by atoms with Crippen LogP contribution in [0.4, 0.5) is 10.1 Å². The molecule has 0 atom stereocenters. The van der Waals surface area contributed by atoms with Gasteiger partial charge >= 0.3 is 0 Å². The highest BCUT2D eigenvalue weighted by Gasteiger charge is 2.30. The number of nitrogens with zero attached hydrogens (tertiary/aromatic N) is 3. The molecule has 4 rings (SSSR count). The van der Waals surface area contributed by atoms with E-state index in [0.29, 0.717) is 12.6 Å². The molecule has 0 radical (unpaired) electrons. The molecule has 1 aliphatic heterocycles. The average molecular weight is 399 g/mol. The third-order valence-corrected chi connectivity index (χ3v) is 6.25. The zero-order valence-electron chi connectivity index (χ0n) is 17.7. The standard InChI is InChI=1S/C23H31FN4O/c1-4-26-11-13-27(14-12-26)21-16(2)22(23(29)25-20-9-10-20)28(17(21)3)15-18-5-7-19(24)8-6-18/h5-8,20H,4,9-15H2,1-3H3,(H,25,29). The Balaban J connectivity index is 1.69. The van der Waals surface area contributed by atoms with Crippen molar-refractivity contribution in [2.45, 2.75) is 46.2 Å². The number of likely N-dealkylation sites (N-methyl/N-ethyl adjacent to an activating group) is 1. The number of hydrogen-bond donors (Lipinski definition) is 1. The van der Waals surface area contributed by atoms with Gasteiger partial charge in [-0.1, -0.05) is 19.1 Å². The van der Waals surface area contributed by atoms with Crippen LogP contribution in [0, 0.1) is 19.7 Å². The van der Waals surface area contributed by atoms with Crippen molar-refractivity contribution in [2.24, 2.45) is 0 Å². The molecule has 6 heteroatoms. The molecule has 29 heavy (non-hydrogen) atoms. The molecule has 2 aromatic rings. The Labute approximate surface area is 172 Å². The summed E-state index contributed by atoms with van der Waals surface area (Å²) in [6, 6.07) is 6.87. The molecule has 1 saturated carbocycles. The van der Waals surface area contributed by atoms with Gasteiger partial charge in [-0.3, -0.25) is 4.79 Å². The van der Waals surface area contributed by atoms with Gasteiger partial charge in [0, 0.05) is 50.0 Å². The molecule has 2 fully saturated rings. The topological polar surface area (TPSA) is 40.5 Å². The van der Waals surface area contributed by atoms with Crippen molar-refractivity contribution in [2.75, 3.05) is 37.6 Å². The smallest absolute Gasteiger partial charge is 0.268 e. The second-order valence-electron chi connectivity index (χ2n) is 8.29. The highest BCUT2D eigenvalue weighted by molar-refractivity contribution is 5.97. The van der Waals surface area contributed by atoms with Gasteiger partial charge in [-0.25, -0.2) is 4.39 Å². The van der Waals surface area contributed by atoms with Gasteiger partial charge in [0.15, 0.2) is 0 Å². The minimum absolute atomic E-state index is 0.00801. The maximum absolute atomic E-state index is 13.4. The summed E-state index contributed by atoms with van der Waals surface area (Å²) in [5.41, 5.74) is 5.08. The molecule has 2 heterocycles. The highest BCUT2D eigenvalue weighted by atomic mass is 19.1. The Kier molecular flexibility index (Phi) is 5.63. The quantitative estimate of drug-likeness (QED) is 0.812. The lowest BCUT2D eigenvalue weighted by molar-refractivity contribution is 0.0941. The van der Waals surface area contributed by atoms with E-state index in [-0.39, 0.29) is 11.7 Å². The Morgan fingerprint density at radius 2 is 1.76 bits per heavy atom. The number of rotatable bonds is 6. The van der Waals surface area contributed by atoms with Gasteiger partial charge in [0.05, 0.1) is 5.69 Å². The van der Waals surface area contributed by atoms with Crippen molar-refractivity contribution in [3.05, 3.63) is 52.6 Å². The third kappa shape index (κ3) is 4.17. The number of anilines is 1. The number of carbonyl (C=O) groups is 1. The molecule has 1 aliphatic carbocycles. The molecule has 1 N–H and O–H groups in total. The molecule has 0 bridgehead atoms. The summed E-state index contributed by atoms with van der Waals surface area (Å²) in [6.45, 7) is 12.0. The predicted octanol–water partition coefficient (Wildman–Crippen LogP) is 3.33. The van der Waals surface area contributed by atoms with Gasteiger partial charge in [0.25, 0.3) is 5.91 Å². The van der Waals surface area contributed by atoms with E-state index in [0.717, 1.165) is 68.1 Å². The normalized spacial score (nSPS) is 17.6. The van der Waals surface area contributed by atoms with Gasteiger partial charge in [-0.2, -0.15) is 0 Å². The van der Waals surface area contributed by atoms with Crippen molar-refractivity contribution in [3.8, 4) is 0 Å². The van der Waals surface area contributed by atoms with Gasteiger partial charge in [0.1, 0.15) is 11.5 Å². The van der Waals surface area contributed by atoms with E-state index in [1.54, 1.807) is 12.1 Å². The maximum atomic E-state index is 13.4. The van der Waals surface area contributed by atoms with Crippen LogP contribution in [0.1, 0.15) is 47.1 Å². The number of hydrogen-bond acceptors (Lipinski definition) is 3. The van der Waals surface area contributed by atoms with Crippen molar-refractivity contribution in [1.82, 2.24) is 14.8 Å². The summed E-state index contributed by atoms with van der Waals surface area (Å²) in [6.07, 6.45) is 2.13. The minimum Gasteiger partial charge on any atom is -0.367 e. The van der Waals surface area contributed by atoms with Gasteiger partial charge < -0.3 is 19.7 Å². The van der Waals surface area contributed by atoms with Crippen LogP contribution in [0.2, 0.25) is 0 Å². The Hall–Kier alpha value is -2.34. The Bertz CT molecular complexity index is 877. The highest BCUT2D eigenvalue weighted by Crippen LogP contribution is 2.33. The second kappa shape index (κ2) is 8.19. The number of aromatic nitrogens is 1. The lowest BCUT2D eigenvalue weighted by Crippen LogP contribution is -2.46. The summed E-state index contributed by atoms with van der Waals surface area (Å²) in [4.78, 5) is 18.0. The molecule has 1 aromatic heterocycles. The average Bonchev–Trinajstić information content (AvgIpc) is 3.49.